The first kappa shape index (κ1) is 24.5. The van der Waals surface area contributed by atoms with Gasteiger partial charge in [-0.3, -0.25) is 4.79 Å². The number of nitrogens with zero attached hydrogens (tertiary/aromatic N) is 1. The van der Waals surface area contributed by atoms with Crippen molar-refractivity contribution in [3.63, 3.8) is 0 Å². The van der Waals surface area contributed by atoms with Crippen molar-refractivity contribution in [3.8, 4) is 0 Å². The van der Waals surface area contributed by atoms with Crippen LogP contribution in [0.2, 0.25) is 0 Å². The van der Waals surface area contributed by atoms with Crippen LogP contribution in [0.1, 0.15) is 51.5 Å². The number of aryl methyl sites for hydroxylation is 1. The highest BCUT2D eigenvalue weighted by atomic mass is 16.2. The van der Waals surface area contributed by atoms with Crippen molar-refractivity contribution >= 4 is 5.91 Å². The zero-order valence-electron chi connectivity index (χ0n) is 19.4. The van der Waals surface area contributed by atoms with Crippen LogP contribution in [0.15, 0.2) is 79.3 Å². The number of nitrogens with one attached hydrogen (secondary N) is 2. The summed E-state index contributed by atoms with van der Waals surface area (Å²) < 4.78 is 0. The van der Waals surface area contributed by atoms with E-state index in [0.717, 1.165) is 18.8 Å². The molecule has 1 aromatic rings. The summed E-state index contributed by atoms with van der Waals surface area (Å²) in [6, 6.07) is 10.7. The van der Waals surface area contributed by atoms with Gasteiger partial charge in [0.1, 0.15) is 11.9 Å². The molecule has 3 rings (SSSR count). The molecule has 3 unspecified atom stereocenters. The van der Waals surface area contributed by atoms with Crippen LogP contribution in [0.5, 0.6) is 0 Å². The third-order valence-electron chi connectivity index (χ3n) is 5.97. The van der Waals surface area contributed by atoms with Crippen LogP contribution in [-0.4, -0.2) is 29.9 Å². The van der Waals surface area contributed by atoms with Crippen LogP contribution in [0.3, 0.4) is 0 Å². The first-order chi connectivity index (χ1) is 14.9. The van der Waals surface area contributed by atoms with Crippen molar-refractivity contribution in [1.82, 2.24) is 15.5 Å². The predicted octanol–water partition coefficient (Wildman–Crippen LogP) is 5.32. The van der Waals surface area contributed by atoms with Crippen LogP contribution in [0, 0.1) is 5.92 Å². The molecule has 1 aliphatic heterocycles. The molecule has 4 heteroatoms. The Labute approximate surface area is 188 Å². The highest BCUT2D eigenvalue weighted by molar-refractivity contribution is 5.86. The number of hydrogen-bond acceptors (Lipinski definition) is 3. The number of amides is 1. The Kier molecular flexibility index (Phi) is 10.2. The predicted molar refractivity (Wildman–Crippen MR) is 131 cm³/mol. The third-order valence-corrected chi connectivity index (χ3v) is 5.97. The molecule has 1 saturated carbocycles. The van der Waals surface area contributed by atoms with Gasteiger partial charge in [0.2, 0.25) is 5.91 Å². The van der Waals surface area contributed by atoms with Gasteiger partial charge in [-0.25, -0.2) is 0 Å². The molecule has 0 aromatic heterocycles. The van der Waals surface area contributed by atoms with Crippen molar-refractivity contribution in [2.75, 3.05) is 7.05 Å². The van der Waals surface area contributed by atoms with Crippen LogP contribution in [0.4, 0.5) is 0 Å². The van der Waals surface area contributed by atoms with Gasteiger partial charge in [0.05, 0.1) is 0 Å². The summed E-state index contributed by atoms with van der Waals surface area (Å²) in [5.74, 6) is 1.68. The van der Waals surface area contributed by atoms with Gasteiger partial charge in [-0.05, 0) is 50.2 Å². The molecule has 0 bridgehead atoms. The summed E-state index contributed by atoms with van der Waals surface area (Å²) in [6.45, 7) is 11.9. The lowest BCUT2D eigenvalue weighted by Crippen LogP contribution is -2.32. The van der Waals surface area contributed by atoms with E-state index < -0.39 is 0 Å². The number of allylic oxidation sites excluding steroid dienone is 4. The fourth-order valence-electron chi connectivity index (χ4n) is 4.08. The molecule has 2 aliphatic rings. The van der Waals surface area contributed by atoms with Gasteiger partial charge in [-0.15, -0.1) is 0 Å². The summed E-state index contributed by atoms with van der Waals surface area (Å²) in [5.41, 5.74) is 2.48. The summed E-state index contributed by atoms with van der Waals surface area (Å²) >= 11 is 0. The summed E-state index contributed by atoms with van der Waals surface area (Å²) in [7, 11) is 1.75. The molecule has 1 aliphatic carbocycles. The molecule has 0 spiro atoms. The average molecular weight is 422 g/mol. The van der Waals surface area contributed by atoms with Gasteiger partial charge in [-0.2, -0.15) is 0 Å². The lowest BCUT2D eigenvalue weighted by atomic mass is 9.87. The van der Waals surface area contributed by atoms with Crippen LogP contribution in [0.25, 0.3) is 0 Å². The zero-order valence-corrected chi connectivity index (χ0v) is 19.4. The van der Waals surface area contributed by atoms with E-state index in [9.17, 15) is 4.79 Å². The first-order valence-electron chi connectivity index (χ1n) is 11.4. The van der Waals surface area contributed by atoms with Gasteiger partial charge < -0.3 is 15.5 Å². The molecule has 1 saturated heterocycles. The van der Waals surface area contributed by atoms with Crippen LogP contribution >= 0.6 is 0 Å². The number of carbonyl (C=O) groups excluding carboxylic acids is 1. The normalized spacial score (nSPS) is 23.9. The highest BCUT2D eigenvalue weighted by Gasteiger charge is 2.30. The molecule has 2 fully saturated rings. The summed E-state index contributed by atoms with van der Waals surface area (Å²) in [5, 5.41) is 6.70. The minimum atomic E-state index is -0.113. The smallest absolute Gasteiger partial charge is 0.250 e. The van der Waals surface area contributed by atoms with Crippen LogP contribution < -0.4 is 10.6 Å². The lowest BCUT2D eigenvalue weighted by molar-refractivity contribution is -0.127. The molecule has 3 atom stereocenters. The topological polar surface area (TPSA) is 44.4 Å². The van der Waals surface area contributed by atoms with E-state index in [1.165, 1.54) is 36.9 Å². The molecule has 4 nitrogen and oxygen atoms in total. The minimum absolute atomic E-state index is 0.112. The Hall–Kier alpha value is -2.75. The largest absolute Gasteiger partial charge is 0.383 e. The Morgan fingerprint density at radius 1 is 1.29 bits per heavy atom. The maximum absolute atomic E-state index is 11.7. The molecule has 0 radical (unpaired) electrons. The van der Waals surface area contributed by atoms with Crippen molar-refractivity contribution in [1.29, 1.82) is 0 Å². The fraction of sp³-hybridized carbons (Fsp3) is 0.444. The number of hydrogen-bond donors (Lipinski definition) is 2. The average Bonchev–Trinajstić information content (AvgIpc) is 3.03. The summed E-state index contributed by atoms with van der Waals surface area (Å²) in [4.78, 5) is 13.3. The molecule has 1 aromatic carbocycles. The molecule has 168 valence electrons. The number of carbonyl (C=O) groups is 1. The van der Waals surface area contributed by atoms with E-state index in [2.05, 4.69) is 61.9 Å². The van der Waals surface area contributed by atoms with E-state index in [4.69, 9.17) is 0 Å². The quantitative estimate of drug-likeness (QED) is 0.586. The number of benzene rings is 1. The Balaban J connectivity index is 0.000000221. The van der Waals surface area contributed by atoms with Crippen molar-refractivity contribution in [3.05, 3.63) is 84.9 Å². The maximum atomic E-state index is 11.7. The first-order valence-corrected chi connectivity index (χ1v) is 11.4. The second kappa shape index (κ2) is 12.8. The van der Waals surface area contributed by atoms with Crippen molar-refractivity contribution in [2.24, 2.45) is 5.92 Å². The van der Waals surface area contributed by atoms with Crippen molar-refractivity contribution in [2.45, 2.75) is 64.5 Å². The van der Waals surface area contributed by atoms with Crippen LogP contribution in [-0.2, 0) is 11.2 Å². The highest BCUT2D eigenvalue weighted by Crippen LogP contribution is 2.24. The maximum Gasteiger partial charge on any atom is 0.250 e. The Morgan fingerprint density at radius 3 is 2.61 bits per heavy atom. The number of rotatable bonds is 7. The van der Waals surface area contributed by atoms with Crippen molar-refractivity contribution < 1.29 is 4.79 Å². The zero-order chi connectivity index (χ0) is 22.6. The van der Waals surface area contributed by atoms with E-state index in [1.54, 1.807) is 11.9 Å². The Morgan fingerprint density at radius 2 is 2.03 bits per heavy atom. The second-order valence-electron chi connectivity index (χ2n) is 8.52. The lowest BCUT2D eigenvalue weighted by Gasteiger charge is -2.28. The van der Waals surface area contributed by atoms with Gasteiger partial charge in [0.15, 0.2) is 0 Å². The van der Waals surface area contributed by atoms with Gasteiger partial charge in [-0.1, -0.05) is 81.5 Å². The molecular weight excluding hydrogens is 382 g/mol. The van der Waals surface area contributed by atoms with E-state index in [-0.39, 0.29) is 11.9 Å². The van der Waals surface area contributed by atoms with Gasteiger partial charge >= 0.3 is 0 Å². The number of likely N-dealkylation sites (N-methyl/N-ethyl adjacent to an activating group) is 1. The SMILES string of the molecule is C=C/C=C\C(=C/C)NC1CCCC(C)C1.C=C1NC(CCc2ccccc2)C(=O)N1C. The molecule has 2 N–H and O–H groups in total. The molecular formula is C27H39N3O. The van der Waals surface area contributed by atoms with E-state index >= 15 is 0 Å². The summed E-state index contributed by atoms with van der Waals surface area (Å²) in [6.07, 6.45) is 15.1. The van der Waals surface area contributed by atoms with E-state index in [0.29, 0.717) is 11.9 Å². The van der Waals surface area contributed by atoms with Gasteiger partial charge in [0.25, 0.3) is 0 Å². The minimum Gasteiger partial charge on any atom is -0.383 e. The molecule has 31 heavy (non-hydrogen) atoms. The van der Waals surface area contributed by atoms with Gasteiger partial charge in [0, 0.05) is 18.8 Å². The van der Waals surface area contributed by atoms with E-state index in [1.807, 2.05) is 30.4 Å². The Bertz CT molecular complexity index is 781. The fourth-order valence-corrected chi connectivity index (χ4v) is 4.08. The third kappa shape index (κ3) is 8.12. The monoisotopic (exact) mass is 421 g/mol. The molecule has 1 heterocycles. The standard InChI is InChI=1S/C14H23N.C13H16N2O/c1-4-6-9-13(5-2)15-14-10-7-8-12(3)11-14;1-10-14-12(13(16)15(10)2)9-8-11-6-4-3-5-7-11/h4-6,9,12,14-15H,1,7-8,10-11H2,2-3H3;3-7,12,14H,1,8-9H2,2H3/b9-6-,13-5+;. The second-order valence-corrected chi connectivity index (χ2v) is 8.52. The molecule has 1 amide bonds.